The second-order valence-electron chi connectivity index (χ2n) is 8.27. The lowest BCUT2D eigenvalue weighted by atomic mass is 10.2. The quantitative estimate of drug-likeness (QED) is 0.112. The Hall–Kier alpha value is -4.39. The van der Waals surface area contributed by atoms with Gasteiger partial charge in [0.05, 0.1) is 33.4 Å². The fourth-order valence-electron chi connectivity index (χ4n) is 3.45. The molecule has 1 aromatic carbocycles. The third-order valence-corrected chi connectivity index (χ3v) is 6.51. The monoisotopic (exact) mass is 550 g/mol. The summed E-state index contributed by atoms with van der Waals surface area (Å²) in [4.78, 5) is 22.3. The first kappa shape index (κ1) is 27.6. The number of rotatable bonds is 12. The van der Waals surface area contributed by atoms with E-state index in [2.05, 4.69) is 44.4 Å². The average molecular weight is 551 g/mol. The van der Waals surface area contributed by atoms with Gasteiger partial charge < -0.3 is 24.6 Å². The molecule has 3 N–H and O–H groups in total. The summed E-state index contributed by atoms with van der Waals surface area (Å²) in [6.45, 7) is 11.4. The Kier molecular flexibility index (Phi) is 9.15. The number of aliphatic imine (C=N–C) groups is 1. The number of benzene rings is 1. The van der Waals surface area contributed by atoms with E-state index in [-0.39, 0.29) is 23.0 Å². The molecule has 0 radical (unpaired) electrons. The molecule has 0 spiro atoms. The van der Waals surface area contributed by atoms with Crippen molar-refractivity contribution in [3.8, 4) is 16.3 Å². The molecule has 4 aromatic rings. The lowest BCUT2D eigenvalue weighted by Gasteiger charge is -2.11. The summed E-state index contributed by atoms with van der Waals surface area (Å²) in [6.07, 6.45) is 1.81. The molecule has 2 amide bonds. The van der Waals surface area contributed by atoms with E-state index >= 15 is 0 Å². The van der Waals surface area contributed by atoms with Gasteiger partial charge in [0.1, 0.15) is 23.1 Å². The van der Waals surface area contributed by atoms with Crippen LogP contribution in [0.1, 0.15) is 16.2 Å². The summed E-state index contributed by atoms with van der Waals surface area (Å²) in [5.41, 5.74) is 2.35. The Morgan fingerprint density at radius 3 is 2.72 bits per heavy atom. The van der Waals surface area contributed by atoms with Gasteiger partial charge in [0.2, 0.25) is 0 Å². The van der Waals surface area contributed by atoms with Crippen LogP contribution in [0.3, 0.4) is 0 Å². The second kappa shape index (κ2) is 12.9. The number of nitrogens with zero attached hydrogens (tertiary/aromatic N) is 3. The van der Waals surface area contributed by atoms with E-state index < -0.39 is 11.8 Å². The molecule has 3 aromatic heterocycles. The number of hydrogen-bond acceptors (Lipinski definition) is 9. The summed E-state index contributed by atoms with van der Waals surface area (Å²) >= 11 is 1.39. The SMILES string of the molecule is C=Nc1cc(-c2ccc(CNCCOC)cn2)sc1C(=C)Oc1ccc(NC(=O)Nc2cc(C)on2)c(F)c1. The molecule has 0 aliphatic carbocycles. The molecule has 0 aliphatic rings. The number of nitrogens with one attached hydrogen (secondary N) is 3. The lowest BCUT2D eigenvalue weighted by Crippen LogP contribution is -2.20. The van der Waals surface area contributed by atoms with Crippen LogP contribution < -0.4 is 20.7 Å². The molecule has 0 saturated heterocycles. The fraction of sp³-hybridized carbons (Fsp3) is 0.185. The fourth-order valence-corrected chi connectivity index (χ4v) is 4.45. The third kappa shape index (κ3) is 7.35. The van der Waals surface area contributed by atoms with Crippen molar-refractivity contribution < 1.29 is 23.2 Å². The highest BCUT2D eigenvalue weighted by molar-refractivity contribution is 7.17. The maximum atomic E-state index is 14.7. The Balaban J connectivity index is 1.40. The maximum absolute atomic E-state index is 14.7. The molecule has 0 bridgehead atoms. The standard InChI is InChI=1S/C27H27FN6O4S/c1-16-11-25(34-38-16)33-27(35)32-21-8-6-19(12-20(21)28)37-17(2)26-23(29-3)13-24(39-26)22-7-5-18(15-31-22)14-30-9-10-36-4/h5-8,11-13,15,30H,2-3,9-10,14H2,1,4H3,(H2,32,33,34,35). The number of aromatic nitrogens is 2. The molecule has 0 unspecified atom stereocenters. The molecule has 4 rings (SSSR count). The number of carbonyl (C=O) groups excluding carboxylic acids is 1. The van der Waals surface area contributed by atoms with Crippen LogP contribution in [-0.4, -0.2) is 43.2 Å². The predicted molar refractivity (Wildman–Crippen MR) is 150 cm³/mol. The Labute approximate surface area is 228 Å². The molecule has 202 valence electrons. The van der Waals surface area contributed by atoms with Crippen LogP contribution in [0.25, 0.3) is 16.3 Å². The maximum Gasteiger partial charge on any atom is 0.325 e. The van der Waals surface area contributed by atoms with Crippen LogP contribution in [-0.2, 0) is 11.3 Å². The van der Waals surface area contributed by atoms with Crippen LogP contribution >= 0.6 is 11.3 Å². The van der Waals surface area contributed by atoms with E-state index in [4.69, 9.17) is 14.0 Å². The first-order chi connectivity index (χ1) is 18.9. The Morgan fingerprint density at radius 1 is 1.21 bits per heavy atom. The van der Waals surface area contributed by atoms with E-state index in [0.29, 0.717) is 29.5 Å². The van der Waals surface area contributed by atoms with Crippen LogP contribution in [0.5, 0.6) is 5.75 Å². The van der Waals surface area contributed by atoms with E-state index in [1.165, 1.54) is 29.5 Å². The molecule has 0 aliphatic heterocycles. The smallest absolute Gasteiger partial charge is 0.325 e. The average Bonchev–Trinajstić information content (AvgIpc) is 3.54. The van der Waals surface area contributed by atoms with Gasteiger partial charge in [0.15, 0.2) is 5.82 Å². The van der Waals surface area contributed by atoms with Gasteiger partial charge in [-0.3, -0.25) is 15.3 Å². The molecule has 3 heterocycles. The van der Waals surface area contributed by atoms with Gasteiger partial charge in [-0.1, -0.05) is 17.8 Å². The number of anilines is 2. The number of aryl methyl sites for hydroxylation is 1. The number of amides is 2. The van der Waals surface area contributed by atoms with Crippen LogP contribution in [0, 0.1) is 12.7 Å². The highest BCUT2D eigenvalue weighted by Gasteiger charge is 2.16. The number of urea groups is 1. The lowest BCUT2D eigenvalue weighted by molar-refractivity contribution is 0.199. The van der Waals surface area contributed by atoms with Gasteiger partial charge >= 0.3 is 6.03 Å². The number of carbonyl (C=O) groups is 1. The third-order valence-electron chi connectivity index (χ3n) is 5.32. The van der Waals surface area contributed by atoms with Gasteiger partial charge in [-0.05, 0) is 43.5 Å². The van der Waals surface area contributed by atoms with Crippen molar-refractivity contribution in [2.45, 2.75) is 13.5 Å². The van der Waals surface area contributed by atoms with Gasteiger partial charge in [0.25, 0.3) is 0 Å². The number of hydrogen-bond donors (Lipinski definition) is 3. The molecule has 10 nitrogen and oxygen atoms in total. The highest BCUT2D eigenvalue weighted by atomic mass is 32.1. The highest BCUT2D eigenvalue weighted by Crippen LogP contribution is 2.40. The van der Waals surface area contributed by atoms with Crippen LogP contribution in [0.2, 0.25) is 0 Å². The zero-order valence-corrected chi connectivity index (χ0v) is 22.2. The zero-order valence-electron chi connectivity index (χ0n) is 21.4. The van der Waals surface area contributed by atoms with Crippen molar-refractivity contribution >= 4 is 47.0 Å². The summed E-state index contributed by atoms with van der Waals surface area (Å²) in [6, 6.07) is 10.7. The number of pyridine rings is 1. The van der Waals surface area contributed by atoms with Crippen molar-refractivity contribution in [3.05, 3.63) is 77.3 Å². The van der Waals surface area contributed by atoms with Crippen molar-refractivity contribution in [1.82, 2.24) is 15.5 Å². The Bertz CT molecular complexity index is 1470. The normalized spacial score (nSPS) is 10.7. The molecular weight excluding hydrogens is 523 g/mol. The van der Waals surface area contributed by atoms with E-state index in [0.717, 1.165) is 28.7 Å². The molecule has 0 atom stereocenters. The van der Waals surface area contributed by atoms with Gasteiger partial charge in [-0.2, -0.15) is 0 Å². The van der Waals surface area contributed by atoms with E-state index in [1.54, 1.807) is 14.0 Å². The molecular formula is C27H27FN6O4S. The van der Waals surface area contributed by atoms with Crippen LogP contribution in [0.4, 0.5) is 26.4 Å². The predicted octanol–water partition coefficient (Wildman–Crippen LogP) is 6.01. The number of halogens is 1. The summed E-state index contributed by atoms with van der Waals surface area (Å²) < 4.78 is 30.4. The van der Waals surface area contributed by atoms with E-state index in [9.17, 15) is 9.18 Å². The van der Waals surface area contributed by atoms with Crippen molar-refractivity contribution in [1.29, 1.82) is 0 Å². The molecule has 0 fully saturated rings. The van der Waals surface area contributed by atoms with Gasteiger partial charge in [-0.15, -0.1) is 11.3 Å². The van der Waals surface area contributed by atoms with Crippen molar-refractivity contribution in [2.75, 3.05) is 30.9 Å². The van der Waals surface area contributed by atoms with Crippen molar-refractivity contribution in [2.24, 2.45) is 4.99 Å². The topological polar surface area (TPSA) is 123 Å². The second-order valence-corrected chi connectivity index (χ2v) is 9.33. The molecule has 0 saturated carbocycles. The minimum atomic E-state index is -0.693. The van der Waals surface area contributed by atoms with Gasteiger partial charge in [0, 0.05) is 38.5 Å². The first-order valence-electron chi connectivity index (χ1n) is 11.8. The summed E-state index contributed by atoms with van der Waals surface area (Å²) in [5.74, 6) is 0.518. The molecule has 39 heavy (non-hydrogen) atoms. The molecule has 12 heteroatoms. The number of ether oxygens (including phenoxy) is 2. The van der Waals surface area contributed by atoms with Crippen LogP contribution in [0.15, 0.2) is 64.8 Å². The summed E-state index contributed by atoms with van der Waals surface area (Å²) in [5, 5.41) is 11.8. The first-order valence-corrected chi connectivity index (χ1v) is 12.6. The number of methoxy groups -OCH3 is 1. The number of thiophene rings is 1. The van der Waals surface area contributed by atoms with Crippen molar-refractivity contribution in [3.63, 3.8) is 0 Å². The minimum absolute atomic E-state index is 0.0408. The largest absolute Gasteiger partial charge is 0.456 e. The van der Waals surface area contributed by atoms with Gasteiger partial charge in [-0.25, -0.2) is 9.18 Å². The minimum Gasteiger partial charge on any atom is -0.456 e. The zero-order chi connectivity index (χ0) is 27.8. The van der Waals surface area contributed by atoms with E-state index in [1.807, 2.05) is 24.4 Å². The Morgan fingerprint density at radius 2 is 2.05 bits per heavy atom. The summed E-state index contributed by atoms with van der Waals surface area (Å²) in [7, 11) is 1.66.